The van der Waals surface area contributed by atoms with Gasteiger partial charge >= 0.3 is 0 Å². The van der Waals surface area contributed by atoms with Crippen LogP contribution in [0.25, 0.3) is 0 Å². The van der Waals surface area contributed by atoms with Gasteiger partial charge in [0.1, 0.15) is 11.5 Å². The molecular weight excluding hydrogens is 418 g/mol. The van der Waals surface area contributed by atoms with E-state index in [1.54, 1.807) is 21.1 Å². The molecule has 2 aromatic rings. The lowest BCUT2D eigenvalue weighted by molar-refractivity contribution is -0.133. The second-order valence-corrected chi connectivity index (χ2v) is 8.68. The maximum Gasteiger partial charge on any atom is 0.257 e. The summed E-state index contributed by atoms with van der Waals surface area (Å²) in [7, 11) is 3.23. The van der Waals surface area contributed by atoms with Crippen molar-refractivity contribution in [2.45, 2.75) is 32.2 Å². The average molecular weight is 452 g/mol. The zero-order chi connectivity index (χ0) is 23.4. The third-order valence-corrected chi connectivity index (χ3v) is 6.71. The maximum atomic E-state index is 13.7. The van der Waals surface area contributed by atoms with E-state index >= 15 is 0 Å². The zero-order valence-electron chi connectivity index (χ0n) is 19.8. The van der Waals surface area contributed by atoms with Crippen LogP contribution in [0.4, 0.5) is 5.69 Å². The van der Waals surface area contributed by atoms with E-state index in [1.165, 1.54) is 19.3 Å². The van der Waals surface area contributed by atoms with E-state index in [0.29, 0.717) is 30.9 Å². The number of rotatable bonds is 5. The summed E-state index contributed by atoms with van der Waals surface area (Å²) in [5.74, 6) is 1.28. The number of methoxy groups -OCH3 is 2. The summed E-state index contributed by atoms with van der Waals surface area (Å²) >= 11 is 0. The molecule has 7 nitrogen and oxygen atoms in total. The summed E-state index contributed by atoms with van der Waals surface area (Å²) in [6.07, 6.45) is 3.60. The fourth-order valence-corrected chi connectivity index (χ4v) is 4.84. The van der Waals surface area contributed by atoms with Gasteiger partial charge in [-0.05, 0) is 55.2 Å². The fourth-order valence-electron chi connectivity index (χ4n) is 4.84. The third-order valence-electron chi connectivity index (χ3n) is 6.71. The van der Waals surface area contributed by atoms with Crippen molar-refractivity contribution in [3.8, 4) is 11.5 Å². The third kappa shape index (κ3) is 4.92. The van der Waals surface area contributed by atoms with Crippen LogP contribution < -0.4 is 14.4 Å². The second-order valence-electron chi connectivity index (χ2n) is 8.68. The van der Waals surface area contributed by atoms with Crippen LogP contribution in [-0.4, -0.2) is 68.6 Å². The highest BCUT2D eigenvalue weighted by Crippen LogP contribution is 2.31. The number of piperazine rings is 1. The first-order chi connectivity index (χ1) is 16.0. The lowest BCUT2D eigenvalue weighted by Gasteiger charge is -2.41. The van der Waals surface area contributed by atoms with Crippen LogP contribution in [-0.2, 0) is 4.79 Å². The van der Waals surface area contributed by atoms with E-state index in [0.717, 1.165) is 30.1 Å². The highest BCUT2D eigenvalue weighted by Gasteiger charge is 2.33. The Morgan fingerprint density at radius 3 is 2.24 bits per heavy atom. The molecule has 33 heavy (non-hydrogen) atoms. The number of piperidine rings is 1. The van der Waals surface area contributed by atoms with E-state index < -0.39 is 0 Å². The van der Waals surface area contributed by atoms with Gasteiger partial charge in [0, 0.05) is 45.3 Å². The predicted octanol–water partition coefficient (Wildman–Crippen LogP) is 3.74. The number of ether oxygens (including phenoxy) is 2. The molecule has 0 aromatic heterocycles. The highest BCUT2D eigenvalue weighted by molar-refractivity contribution is 5.98. The van der Waals surface area contributed by atoms with Crippen LogP contribution in [0.15, 0.2) is 42.5 Å². The number of benzene rings is 2. The lowest BCUT2D eigenvalue weighted by Crippen LogP contribution is -2.51. The number of hydrogen-bond donors (Lipinski definition) is 0. The van der Waals surface area contributed by atoms with Gasteiger partial charge in [-0.2, -0.15) is 0 Å². The minimum atomic E-state index is -0.206. The van der Waals surface area contributed by atoms with Crippen molar-refractivity contribution in [2.75, 3.05) is 51.8 Å². The Morgan fingerprint density at radius 1 is 0.879 bits per heavy atom. The van der Waals surface area contributed by atoms with E-state index in [4.69, 9.17) is 9.47 Å². The molecule has 0 spiro atoms. The monoisotopic (exact) mass is 451 g/mol. The quantitative estimate of drug-likeness (QED) is 0.693. The van der Waals surface area contributed by atoms with Crippen molar-refractivity contribution >= 4 is 17.5 Å². The molecule has 2 heterocycles. The van der Waals surface area contributed by atoms with Crippen LogP contribution in [0.3, 0.4) is 0 Å². The molecular formula is C26H33N3O4. The molecule has 2 aromatic carbocycles. The van der Waals surface area contributed by atoms with Gasteiger partial charge in [0.2, 0.25) is 5.91 Å². The van der Waals surface area contributed by atoms with E-state index in [1.807, 2.05) is 52.3 Å². The summed E-state index contributed by atoms with van der Waals surface area (Å²) in [4.78, 5) is 32.0. The van der Waals surface area contributed by atoms with Gasteiger partial charge in [-0.25, -0.2) is 0 Å². The molecule has 0 saturated carbocycles. The molecule has 7 heteroatoms. The van der Waals surface area contributed by atoms with Crippen LogP contribution >= 0.6 is 0 Å². The molecule has 2 aliphatic heterocycles. The molecule has 2 amide bonds. The lowest BCUT2D eigenvalue weighted by atomic mass is 10.0. The molecule has 0 bridgehead atoms. The number of amides is 2. The largest absolute Gasteiger partial charge is 0.497 e. The van der Waals surface area contributed by atoms with Gasteiger partial charge in [0.25, 0.3) is 5.91 Å². The Kier molecular flexibility index (Phi) is 7.06. The Bertz CT molecular complexity index is 986. The first kappa shape index (κ1) is 23.0. The molecule has 2 saturated heterocycles. The summed E-state index contributed by atoms with van der Waals surface area (Å²) < 4.78 is 10.8. The van der Waals surface area contributed by atoms with Crippen molar-refractivity contribution in [1.29, 1.82) is 0 Å². The van der Waals surface area contributed by atoms with Gasteiger partial charge in [0.15, 0.2) is 0 Å². The van der Waals surface area contributed by atoms with Gasteiger partial charge in [-0.15, -0.1) is 0 Å². The summed E-state index contributed by atoms with van der Waals surface area (Å²) in [6, 6.07) is 13.4. The normalized spacial score (nSPS) is 18.8. The van der Waals surface area contributed by atoms with Crippen molar-refractivity contribution in [1.82, 2.24) is 9.80 Å². The van der Waals surface area contributed by atoms with Crippen molar-refractivity contribution < 1.29 is 19.1 Å². The first-order valence-corrected chi connectivity index (χ1v) is 11.6. The summed E-state index contributed by atoms with van der Waals surface area (Å²) in [5.41, 5.74) is 2.62. The number of nitrogens with zero attached hydrogens (tertiary/aromatic N) is 3. The SMILES string of the molecule is COc1ccc(C2CN(C(=O)c3cc(N4CCCCC4)ccc3OC)CCN2C(C)=O)cc1. The number of carbonyl (C=O) groups excluding carboxylic acids is 2. The molecule has 0 radical (unpaired) electrons. The minimum Gasteiger partial charge on any atom is -0.497 e. The van der Waals surface area contributed by atoms with Gasteiger partial charge in [-0.1, -0.05) is 12.1 Å². The molecule has 0 N–H and O–H groups in total. The Morgan fingerprint density at radius 2 is 1.61 bits per heavy atom. The van der Waals surface area contributed by atoms with Crippen molar-refractivity contribution in [2.24, 2.45) is 0 Å². The van der Waals surface area contributed by atoms with Crippen LogP contribution in [0.1, 0.15) is 48.1 Å². The Labute approximate surface area is 195 Å². The van der Waals surface area contributed by atoms with E-state index in [2.05, 4.69) is 4.90 Å². The predicted molar refractivity (Wildman–Crippen MR) is 128 cm³/mol. The zero-order valence-corrected chi connectivity index (χ0v) is 19.8. The number of hydrogen-bond acceptors (Lipinski definition) is 5. The van der Waals surface area contributed by atoms with Gasteiger partial charge in [-0.3, -0.25) is 9.59 Å². The molecule has 2 aliphatic rings. The second kappa shape index (κ2) is 10.1. The Balaban J connectivity index is 1.60. The van der Waals surface area contributed by atoms with Crippen molar-refractivity contribution in [3.63, 3.8) is 0 Å². The highest BCUT2D eigenvalue weighted by atomic mass is 16.5. The van der Waals surface area contributed by atoms with Gasteiger partial charge in [0.05, 0.1) is 25.8 Å². The Hall–Kier alpha value is -3.22. The molecule has 2 fully saturated rings. The van der Waals surface area contributed by atoms with Crippen molar-refractivity contribution in [3.05, 3.63) is 53.6 Å². The summed E-state index contributed by atoms with van der Waals surface area (Å²) in [6.45, 7) is 5.02. The molecule has 4 rings (SSSR count). The van der Waals surface area contributed by atoms with Crippen LogP contribution in [0.5, 0.6) is 11.5 Å². The summed E-state index contributed by atoms with van der Waals surface area (Å²) in [5, 5.41) is 0. The van der Waals surface area contributed by atoms with E-state index in [9.17, 15) is 9.59 Å². The molecule has 1 atom stereocenters. The average Bonchev–Trinajstić information content (AvgIpc) is 2.88. The molecule has 1 unspecified atom stereocenters. The molecule has 0 aliphatic carbocycles. The first-order valence-electron chi connectivity index (χ1n) is 11.6. The minimum absolute atomic E-state index is 0.00703. The van der Waals surface area contributed by atoms with E-state index in [-0.39, 0.29) is 17.9 Å². The topological polar surface area (TPSA) is 62.3 Å². The molecule has 176 valence electrons. The number of carbonyl (C=O) groups is 2. The standard InChI is InChI=1S/C26H33N3O4/c1-19(30)29-16-15-28(18-24(29)20-7-10-22(32-2)11-8-20)26(31)23-17-21(9-12-25(23)33-3)27-13-5-4-6-14-27/h7-12,17,24H,4-6,13-16,18H2,1-3H3. The van der Waals surface area contributed by atoms with Crippen LogP contribution in [0.2, 0.25) is 0 Å². The smallest absolute Gasteiger partial charge is 0.257 e. The van der Waals surface area contributed by atoms with Gasteiger partial charge < -0.3 is 24.2 Å². The maximum absolute atomic E-state index is 13.7. The number of anilines is 1. The van der Waals surface area contributed by atoms with Crippen LogP contribution in [0, 0.1) is 0 Å². The fraction of sp³-hybridized carbons (Fsp3) is 0.462.